The number of nitrogens with one attached hydrogen (secondary N) is 1. The normalized spacial score (nSPS) is 10.4. The molecule has 0 aliphatic heterocycles. The van der Waals surface area contributed by atoms with Gasteiger partial charge in [-0.3, -0.25) is 0 Å². The lowest BCUT2D eigenvalue weighted by atomic mass is 10.0. The zero-order valence-electron chi connectivity index (χ0n) is 8.22. The zero-order valence-corrected chi connectivity index (χ0v) is 8.22. The van der Waals surface area contributed by atoms with Crippen LogP contribution in [0.1, 0.15) is 16.7 Å². The Morgan fingerprint density at radius 2 is 2.08 bits per heavy atom. The Balaban J connectivity index is 2.90. The molecule has 0 spiro atoms. The standard InChI is InChI=1S/C10H15NO2/c1-7-4-5-9(6-11-13-3)10(12)8(7)2/h4-5,11-12H,6H2,1-3H3. The third-order valence-electron chi connectivity index (χ3n) is 2.19. The van der Waals surface area contributed by atoms with Crippen molar-refractivity contribution in [3.05, 3.63) is 28.8 Å². The predicted octanol–water partition coefficient (Wildman–Crippen LogP) is 1.66. The van der Waals surface area contributed by atoms with Crippen molar-refractivity contribution in [3.63, 3.8) is 0 Å². The Kier molecular flexibility index (Phi) is 3.28. The molecule has 0 aliphatic carbocycles. The van der Waals surface area contributed by atoms with Gasteiger partial charge in [0.1, 0.15) is 5.75 Å². The van der Waals surface area contributed by atoms with Gasteiger partial charge < -0.3 is 9.94 Å². The predicted molar refractivity (Wildman–Crippen MR) is 51.4 cm³/mol. The molecule has 13 heavy (non-hydrogen) atoms. The molecule has 1 aromatic rings. The number of aromatic hydroxyl groups is 1. The van der Waals surface area contributed by atoms with Crippen LogP contribution in [0.2, 0.25) is 0 Å². The van der Waals surface area contributed by atoms with E-state index in [0.29, 0.717) is 12.3 Å². The molecule has 0 fully saturated rings. The highest BCUT2D eigenvalue weighted by atomic mass is 16.6. The lowest BCUT2D eigenvalue weighted by Gasteiger charge is -2.09. The first-order valence-electron chi connectivity index (χ1n) is 4.20. The fourth-order valence-corrected chi connectivity index (χ4v) is 1.15. The fourth-order valence-electron chi connectivity index (χ4n) is 1.15. The second-order valence-corrected chi connectivity index (χ2v) is 3.04. The van der Waals surface area contributed by atoms with Gasteiger partial charge in [-0.05, 0) is 25.0 Å². The lowest BCUT2D eigenvalue weighted by Crippen LogP contribution is -2.11. The fraction of sp³-hybridized carbons (Fsp3) is 0.400. The summed E-state index contributed by atoms with van der Waals surface area (Å²) in [4.78, 5) is 4.71. The number of benzene rings is 1. The van der Waals surface area contributed by atoms with E-state index in [9.17, 15) is 5.11 Å². The highest BCUT2D eigenvalue weighted by Gasteiger charge is 2.05. The van der Waals surface area contributed by atoms with E-state index in [4.69, 9.17) is 4.84 Å². The Morgan fingerprint density at radius 1 is 1.38 bits per heavy atom. The molecular weight excluding hydrogens is 166 g/mol. The summed E-state index contributed by atoms with van der Waals surface area (Å²) < 4.78 is 0. The van der Waals surface area contributed by atoms with Gasteiger partial charge >= 0.3 is 0 Å². The number of phenolic OH excluding ortho intramolecular Hbond substituents is 1. The molecule has 1 rings (SSSR count). The van der Waals surface area contributed by atoms with Gasteiger partial charge in [0.05, 0.1) is 7.11 Å². The van der Waals surface area contributed by atoms with Gasteiger partial charge in [-0.15, -0.1) is 0 Å². The van der Waals surface area contributed by atoms with Crippen LogP contribution in [0.25, 0.3) is 0 Å². The molecule has 0 heterocycles. The van der Waals surface area contributed by atoms with Gasteiger partial charge in [0.2, 0.25) is 0 Å². The summed E-state index contributed by atoms with van der Waals surface area (Å²) in [6.45, 7) is 4.40. The van der Waals surface area contributed by atoms with Gasteiger partial charge in [0.25, 0.3) is 0 Å². The SMILES string of the molecule is CONCc1ccc(C)c(C)c1O. The second kappa shape index (κ2) is 4.25. The molecule has 3 heteroatoms. The van der Waals surface area contributed by atoms with E-state index in [1.165, 1.54) is 0 Å². The number of hydroxylamine groups is 1. The molecule has 0 aliphatic rings. The van der Waals surface area contributed by atoms with Crippen molar-refractivity contribution in [3.8, 4) is 5.75 Å². The summed E-state index contributed by atoms with van der Waals surface area (Å²) in [5.41, 5.74) is 5.57. The minimum atomic E-state index is 0.351. The maximum atomic E-state index is 9.71. The summed E-state index contributed by atoms with van der Waals surface area (Å²) in [5.74, 6) is 0.351. The molecule has 1 aromatic carbocycles. The maximum absolute atomic E-state index is 9.71. The number of rotatable bonds is 3. The molecule has 0 bridgehead atoms. The van der Waals surface area contributed by atoms with Crippen molar-refractivity contribution in [2.75, 3.05) is 7.11 Å². The van der Waals surface area contributed by atoms with Crippen LogP contribution in [-0.2, 0) is 11.4 Å². The molecule has 0 aromatic heterocycles. The van der Waals surface area contributed by atoms with Crippen LogP contribution in [0.5, 0.6) is 5.75 Å². The molecule has 72 valence electrons. The minimum Gasteiger partial charge on any atom is -0.507 e. The third kappa shape index (κ3) is 2.20. The number of hydrogen-bond donors (Lipinski definition) is 2. The molecule has 0 radical (unpaired) electrons. The average Bonchev–Trinajstić information content (AvgIpc) is 2.13. The van der Waals surface area contributed by atoms with Gasteiger partial charge in [0.15, 0.2) is 0 Å². The Labute approximate surface area is 78.3 Å². The van der Waals surface area contributed by atoms with Crippen molar-refractivity contribution < 1.29 is 9.94 Å². The molecule has 0 atom stereocenters. The van der Waals surface area contributed by atoms with Crippen molar-refractivity contribution >= 4 is 0 Å². The molecule has 2 N–H and O–H groups in total. The number of aryl methyl sites for hydroxylation is 1. The van der Waals surface area contributed by atoms with Crippen molar-refractivity contribution in [2.24, 2.45) is 0 Å². The highest BCUT2D eigenvalue weighted by Crippen LogP contribution is 2.24. The van der Waals surface area contributed by atoms with E-state index in [2.05, 4.69) is 5.48 Å². The zero-order chi connectivity index (χ0) is 9.84. The van der Waals surface area contributed by atoms with Gasteiger partial charge in [-0.25, -0.2) is 0 Å². The molecule has 0 saturated carbocycles. The second-order valence-electron chi connectivity index (χ2n) is 3.04. The average molecular weight is 181 g/mol. The molecule has 0 saturated heterocycles. The van der Waals surface area contributed by atoms with Crippen molar-refractivity contribution in [2.45, 2.75) is 20.4 Å². The van der Waals surface area contributed by atoms with Crippen molar-refractivity contribution in [1.82, 2.24) is 5.48 Å². The van der Waals surface area contributed by atoms with Crippen molar-refractivity contribution in [1.29, 1.82) is 0 Å². The van der Waals surface area contributed by atoms with Gasteiger partial charge in [0, 0.05) is 12.1 Å². The maximum Gasteiger partial charge on any atom is 0.123 e. The summed E-state index contributed by atoms with van der Waals surface area (Å²) in [5, 5.41) is 9.71. The van der Waals surface area contributed by atoms with Gasteiger partial charge in [-0.1, -0.05) is 12.1 Å². The Morgan fingerprint density at radius 3 is 2.69 bits per heavy atom. The lowest BCUT2D eigenvalue weighted by molar-refractivity contribution is 0.0861. The van der Waals surface area contributed by atoms with Crippen LogP contribution >= 0.6 is 0 Å². The first kappa shape index (κ1) is 10.0. The quantitative estimate of drug-likeness (QED) is 0.697. The smallest absolute Gasteiger partial charge is 0.123 e. The first-order chi connectivity index (χ1) is 6.16. The summed E-state index contributed by atoms with van der Waals surface area (Å²) >= 11 is 0. The third-order valence-corrected chi connectivity index (χ3v) is 2.19. The van der Waals surface area contributed by atoms with Crippen LogP contribution < -0.4 is 5.48 Å². The monoisotopic (exact) mass is 181 g/mol. The van der Waals surface area contributed by atoms with E-state index >= 15 is 0 Å². The topological polar surface area (TPSA) is 41.5 Å². The van der Waals surface area contributed by atoms with Crippen LogP contribution in [0.15, 0.2) is 12.1 Å². The largest absolute Gasteiger partial charge is 0.507 e. The molecule has 0 unspecified atom stereocenters. The van der Waals surface area contributed by atoms with Crippen LogP contribution in [-0.4, -0.2) is 12.2 Å². The summed E-state index contributed by atoms with van der Waals surface area (Å²) in [6.07, 6.45) is 0. The Bertz CT molecular complexity index is 297. The van der Waals surface area contributed by atoms with E-state index < -0.39 is 0 Å². The summed E-state index contributed by atoms with van der Waals surface area (Å²) in [6, 6.07) is 3.88. The van der Waals surface area contributed by atoms with E-state index in [1.54, 1.807) is 7.11 Å². The van der Waals surface area contributed by atoms with Gasteiger partial charge in [-0.2, -0.15) is 5.48 Å². The minimum absolute atomic E-state index is 0.351. The highest BCUT2D eigenvalue weighted by molar-refractivity contribution is 5.43. The number of phenols is 1. The van der Waals surface area contributed by atoms with Crippen LogP contribution in [0.4, 0.5) is 0 Å². The van der Waals surface area contributed by atoms with E-state index in [-0.39, 0.29) is 0 Å². The summed E-state index contributed by atoms with van der Waals surface area (Å²) in [7, 11) is 1.55. The molecule has 3 nitrogen and oxygen atoms in total. The number of hydrogen-bond acceptors (Lipinski definition) is 3. The van der Waals surface area contributed by atoms with Crippen LogP contribution in [0, 0.1) is 13.8 Å². The van der Waals surface area contributed by atoms with E-state index in [0.717, 1.165) is 16.7 Å². The van der Waals surface area contributed by atoms with E-state index in [1.807, 2.05) is 26.0 Å². The Hall–Kier alpha value is -1.06. The molecule has 0 amide bonds. The first-order valence-corrected chi connectivity index (χ1v) is 4.20. The van der Waals surface area contributed by atoms with Crippen LogP contribution in [0.3, 0.4) is 0 Å². The molecular formula is C10H15NO2.